The lowest BCUT2D eigenvalue weighted by Gasteiger charge is -2.36. The molecule has 0 radical (unpaired) electrons. The van der Waals surface area contributed by atoms with Crippen molar-refractivity contribution >= 4 is 0 Å². The van der Waals surface area contributed by atoms with E-state index >= 15 is 0 Å². The van der Waals surface area contributed by atoms with Crippen LogP contribution in [0.4, 0.5) is 0 Å². The molecule has 2 fully saturated rings. The normalized spacial score (nSPS) is 47.2. The van der Waals surface area contributed by atoms with E-state index in [0.717, 1.165) is 11.8 Å². The van der Waals surface area contributed by atoms with E-state index in [2.05, 4.69) is 27.7 Å². The molecular weight excluding hydrogens is 180 g/mol. The zero-order valence-corrected chi connectivity index (χ0v) is 10.7. The van der Waals surface area contributed by atoms with Gasteiger partial charge in [-0.1, -0.05) is 31.9 Å². The van der Waals surface area contributed by atoms with Crippen molar-refractivity contribution in [3.05, 3.63) is 11.1 Å². The highest BCUT2D eigenvalue weighted by molar-refractivity contribution is 5.37. The highest BCUT2D eigenvalue weighted by atomic mass is 14.7. The Hall–Kier alpha value is -0.260. The lowest BCUT2D eigenvalue weighted by atomic mass is 9.68. The van der Waals surface area contributed by atoms with Gasteiger partial charge >= 0.3 is 0 Å². The second kappa shape index (κ2) is 2.70. The summed E-state index contributed by atoms with van der Waals surface area (Å²) in [5, 5.41) is 0. The Morgan fingerprint density at radius 2 is 1.93 bits per heavy atom. The molecule has 15 heavy (non-hydrogen) atoms. The Morgan fingerprint density at radius 1 is 1.20 bits per heavy atom. The summed E-state index contributed by atoms with van der Waals surface area (Å²) >= 11 is 0. The van der Waals surface area contributed by atoms with Crippen molar-refractivity contribution < 1.29 is 0 Å². The van der Waals surface area contributed by atoms with Crippen molar-refractivity contribution in [2.24, 2.45) is 22.7 Å². The number of rotatable bonds is 0. The molecule has 2 saturated carbocycles. The van der Waals surface area contributed by atoms with Crippen molar-refractivity contribution in [3.63, 3.8) is 0 Å². The van der Waals surface area contributed by atoms with Gasteiger partial charge in [0.15, 0.2) is 0 Å². The average Bonchev–Trinajstić information content (AvgIpc) is 2.70. The Morgan fingerprint density at radius 3 is 2.67 bits per heavy atom. The molecule has 0 heteroatoms. The van der Waals surface area contributed by atoms with Gasteiger partial charge in [-0.15, -0.1) is 0 Å². The average molecular weight is 204 g/mol. The minimum Gasteiger partial charge on any atom is -0.0735 e. The van der Waals surface area contributed by atoms with Gasteiger partial charge in [0.25, 0.3) is 0 Å². The zero-order chi connectivity index (χ0) is 10.8. The third-order valence-corrected chi connectivity index (χ3v) is 5.96. The molecule has 3 aliphatic rings. The number of allylic oxidation sites excluding steroid dienone is 2. The third kappa shape index (κ3) is 0.990. The van der Waals surface area contributed by atoms with E-state index < -0.39 is 0 Å². The highest BCUT2D eigenvalue weighted by Gasteiger charge is 2.62. The maximum Gasteiger partial charge on any atom is -0.00232 e. The molecule has 0 aliphatic heterocycles. The van der Waals surface area contributed by atoms with Crippen LogP contribution in [0.15, 0.2) is 11.1 Å². The molecule has 3 rings (SSSR count). The van der Waals surface area contributed by atoms with Crippen LogP contribution in [0, 0.1) is 22.7 Å². The minimum atomic E-state index is 0.585. The van der Waals surface area contributed by atoms with Gasteiger partial charge < -0.3 is 0 Å². The third-order valence-electron chi connectivity index (χ3n) is 5.96. The van der Waals surface area contributed by atoms with Crippen molar-refractivity contribution in [1.29, 1.82) is 0 Å². The molecule has 0 N–H and O–H groups in total. The summed E-state index contributed by atoms with van der Waals surface area (Å²) in [6, 6.07) is 0. The summed E-state index contributed by atoms with van der Waals surface area (Å²) in [5.74, 6) is 1.95. The summed E-state index contributed by atoms with van der Waals surface area (Å²) in [4.78, 5) is 0. The van der Waals surface area contributed by atoms with Gasteiger partial charge in [-0.3, -0.25) is 0 Å². The molecule has 0 heterocycles. The van der Waals surface area contributed by atoms with Crippen LogP contribution in [0.5, 0.6) is 0 Å². The van der Waals surface area contributed by atoms with Crippen molar-refractivity contribution in [3.8, 4) is 0 Å². The number of hydrogen-bond acceptors (Lipinski definition) is 0. The smallest absolute Gasteiger partial charge is 0.00232 e. The molecule has 0 aromatic carbocycles. The van der Waals surface area contributed by atoms with E-state index in [1.54, 1.807) is 5.57 Å². The first-order chi connectivity index (χ1) is 6.98. The molecule has 0 unspecified atom stereocenters. The van der Waals surface area contributed by atoms with Gasteiger partial charge in [0.2, 0.25) is 0 Å². The lowest BCUT2D eigenvalue weighted by Crippen LogP contribution is -2.30. The fraction of sp³-hybridized carbons (Fsp3) is 0.867. The quantitative estimate of drug-likeness (QED) is 0.507. The first-order valence-corrected chi connectivity index (χ1v) is 6.67. The second-order valence-corrected chi connectivity index (χ2v) is 7.00. The summed E-state index contributed by atoms with van der Waals surface area (Å²) in [6.07, 6.45) is 7.24. The predicted octanol–water partition coefficient (Wildman–Crippen LogP) is 4.56. The van der Waals surface area contributed by atoms with Crippen molar-refractivity contribution in [2.45, 2.75) is 59.8 Å². The van der Waals surface area contributed by atoms with Gasteiger partial charge in [0.05, 0.1) is 0 Å². The molecule has 0 amide bonds. The maximum absolute atomic E-state index is 2.51. The fourth-order valence-electron chi connectivity index (χ4n) is 5.28. The van der Waals surface area contributed by atoms with E-state index in [4.69, 9.17) is 0 Å². The van der Waals surface area contributed by atoms with E-state index in [0.29, 0.717) is 10.8 Å². The largest absolute Gasteiger partial charge is 0.0735 e. The van der Waals surface area contributed by atoms with Crippen molar-refractivity contribution in [2.75, 3.05) is 0 Å². The second-order valence-electron chi connectivity index (χ2n) is 7.00. The van der Waals surface area contributed by atoms with Crippen LogP contribution in [0.3, 0.4) is 0 Å². The van der Waals surface area contributed by atoms with Crippen LogP contribution in [0.25, 0.3) is 0 Å². The van der Waals surface area contributed by atoms with E-state index in [-0.39, 0.29) is 0 Å². The van der Waals surface area contributed by atoms with Gasteiger partial charge in [-0.25, -0.2) is 0 Å². The molecule has 3 aliphatic carbocycles. The Kier molecular flexibility index (Phi) is 1.79. The van der Waals surface area contributed by atoms with E-state index in [1.807, 2.05) is 5.57 Å². The summed E-state index contributed by atoms with van der Waals surface area (Å²) < 4.78 is 0. The summed E-state index contributed by atoms with van der Waals surface area (Å²) in [7, 11) is 0. The summed E-state index contributed by atoms with van der Waals surface area (Å²) in [5.41, 5.74) is 4.89. The van der Waals surface area contributed by atoms with Crippen LogP contribution in [0.2, 0.25) is 0 Å². The Labute approximate surface area is 94.1 Å². The van der Waals surface area contributed by atoms with Crippen LogP contribution < -0.4 is 0 Å². The lowest BCUT2D eigenvalue weighted by molar-refractivity contribution is 0.141. The minimum absolute atomic E-state index is 0.585. The zero-order valence-electron chi connectivity index (χ0n) is 10.7. The molecule has 0 nitrogen and oxygen atoms in total. The number of hydrogen-bond donors (Lipinski definition) is 0. The molecule has 1 spiro atoms. The highest BCUT2D eigenvalue weighted by Crippen LogP contribution is 2.71. The first kappa shape index (κ1) is 9.93. The van der Waals surface area contributed by atoms with Gasteiger partial charge in [0.1, 0.15) is 0 Å². The molecular formula is C15H24. The SMILES string of the molecule is CC1=C2CC(C)(C)[C@@H]3CC[C@@H](C)[C@]23CC1. The monoisotopic (exact) mass is 204 g/mol. The van der Waals surface area contributed by atoms with Gasteiger partial charge in [-0.05, 0) is 61.7 Å². The van der Waals surface area contributed by atoms with E-state index in [9.17, 15) is 0 Å². The van der Waals surface area contributed by atoms with Crippen LogP contribution in [0.1, 0.15) is 59.8 Å². The van der Waals surface area contributed by atoms with Crippen LogP contribution >= 0.6 is 0 Å². The molecule has 0 bridgehead atoms. The Bertz CT molecular complexity index is 334. The molecule has 0 aromatic rings. The van der Waals surface area contributed by atoms with Crippen molar-refractivity contribution in [1.82, 2.24) is 0 Å². The van der Waals surface area contributed by atoms with Crippen LogP contribution in [-0.2, 0) is 0 Å². The maximum atomic E-state index is 2.51. The van der Waals surface area contributed by atoms with Gasteiger partial charge in [-0.2, -0.15) is 0 Å². The Balaban J connectivity index is 2.15. The first-order valence-electron chi connectivity index (χ1n) is 6.67. The molecule has 0 saturated heterocycles. The fourth-order valence-corrected chi connectivity index (χ4v) is 5.28. The standard InChI is InChI=1S/C15H24/c1-10-7-8-15-11(2)5-6-13(15)14(3,4)9-12(10)15/h11,13H,5-9H2,1-4H3/t11-,13+,15-/m1/s1. The van der Waals surface area contributed by atoms with E-state index in [1.165, 1.54) is 32.1 Å². The topological polar surface area (TPSA) is 0 Å². The molecule has 84 valence electrons. The summed E-state index contributed by atoms with van der Waals surface area (Å²) in [6.45, 7) is 9.93. The van der Waals surface area contributed by atoms with Crippen LogP contribution in [-0.4, -0.2) is 0 Å². The molecule has 0 aromatic heterocycles. The van der Waals surface area contributed by atoms with Gasteiger partial charge in [0, 0.05) is 0 Å². The molecule has 3 atom stereocenters. The predicted molar refractivity (Wildman–Crippen MR) is 64.7 cm³/mol.